The first kappa shape index (κ1) is 15.4. The van der Waals surface area contributed by atoms with Gasteiger partial charge in [0.2, 0.25) is 0 Å². The lowest BCUT2D eigenvalue weighted by Crippen LogP contribution is -2.12. The number of carbonyl (C=O) groups excluding carboxylic acids is 1. The highest BCUT2D eigenvalue weighted by Gasteiger charge is 2.14. The second-order valence-electron chi connectivity index (χ2n) is 5.23. The van der Waals surface area contributed by atoms with Gasteiger partial charge in [0.1, 0.15) is 5.52 Å². The third-order valence-electron chi connectivity index (χ3n) is 3.67. The summed E-state index contributed by atoms with van der Waals surface area (Å²) in [4.78, 5) is 17.0. The molecule has 1 N–H and O–H groups in total. The normalized spacial score (nSPS) is 11.1. The number of nitrogens with zero attached hydrogens (tertiary/aromatic N) is 1. The molecule has 0 fully saturated rings. The molecule has 0 aliphatic carbocycles. The van der Waals surface area contributed by atoms with Crippen LogP contribution in [0, 0.1) is 0 Å². The number of hydrogen-bond donors (Lipinski definition) is 1. The lowest BCUT2D eigenvalue weighted by atomic mass is 10.0. The van der Waals surface area contributed by atoms with Gasteiger partial charge in [-0.1, -0.05) is 70.9 Å². The summed E-state index contributed by atoms with van der Waals surface area (Å²) in [7, 11) is 0. The molecule has 0 saturated carbocycles. The van der Waals surface area contributed by atoms with Gasteiger partial charge in [-0.3, -0.25) is 10.1 Å². The summed E-state index contributed by atoms with van der Waals surface area (Å²) >= 11 is 13.5. The van der Waals surface area contributed by atoms with E-state index in [1.807, 2.05) is 36.4 Å². The number of benzene rings is 3. The number of aromatic nitrogens is 1. The van der Waals surface area contributed by atoms with E-state index in [4.69, 9.17) is 23.2 Å². The Labute approximate surface area is 151 Å². The fourth-order valence-corrected chi connectivity index (χ4v) is 4.18. The van der Waals surface area contributed by atoms with Crippen LogP contribution in [0.4, 0.5) is 5.13 Å². The van der Waals surface area contributed by atoms with Gasteiger partial charge in [-0.15, -0.1) is 0 Å². The zero-order chi connectivity index (χ0) is 16.7. The quantitative estimate of drug-likeness (QED) is 0.468. The first-order valence-electron chi connectivity index (χ1n) is 7.16. The minimum absolute atomic E-state index is 0.201. The SMILES string of the molecule is O=C(Nc1nc2c(Cl)cc(Cl)cc2s1)c1cccc2ccccc12. The standard InChI is InChI=1S/C18H10Cl2N2OS/c19-11-8-14(20)16-15(9-11)24-18(21-16)22-17(23)13-7-3-5-10-4-1-2-6-12(10)13/h1-9H,(H,21,22,23). The Morgan fingerprint density at radius 3 is 2.71 bits per heavy atom. The van der Waals surface area contributed by atoms with Gasteiger partial charge < -0.3 is 0 Å². The summed E-state index contributed by atoms with van der Waals surface area (Å²) in [6.07, 6.45) is 0. The number of hydrogen-bond acceptors (Lipinski definition) is 3. The molecule has 24 heavy (non-hydrogen) atoms. The average Bonchev–Trinajstić information content (AvgIpc) is 2.97. The van der Waals surface area contributed by atoms with E-state index in [1.165, 1.54) is 11.3 Å². The van der Waals surface area contributed by atoms with Crippen molar-refractivity contribution in [2.24, 2.45) is 0 Å². The molecule has 0 saturated heterocycles. The average molecular weight is 373 g/mol. The smallest absolute Gasteiger partial charge is 0.258 e. The summed E-state index contributed by atoms with van der Waals surface area (Å²) in [5, 5.41) is 6.28. The topological polar surface area (TPSA) is 42.0 Å². The highest BCUT2D eigenvalue weighted by atomic mass is 35.5. The van der Waals surface area contributed by atoms with Gasteiger partial charge in [-0.05, 0) is 29.0 Å². The Bertz CT molecular complexity index is 1090. The van der Waals surface area contributed by atoms with E-state index in [1.54, 1.807) is 18.2 Å². The zero-order valence-electron chi connectivity index (χ0n) is 12.2. The predicted octanol–water partition coefficient (Wildman–Crippen LogP) is 6.01. The molecule has 1 amide bonds. The van der Waals surface area contributed by atoms with Crippen molar-refractivity contribution in [1.29, 1.82) is 0 Å². The van der Waals surface area contributed by atoms with Gasteiger partial charge in [0, 0.05) is 10.6 Å². The number of nitrogens with one attached hydrogen (secondary N) is 1. The van der Waals surface area contributed by atoms with Crippen molar-refractivity contribution in [2.45, 2.75) is 0 Å². The molecular formula is C18H10Cl2N2OS. The van der Waals surface area contributed by atoms with Crippen LogP contribution in [0.15, 0.2) is 54.6 Å². The molecule has 1 aromatic heterocycles. The molecule has 1 heterocycles. The number of carbonyl (C=O) groups is 1. The first-order valence-corrected chi connectivity index (χ1v) is 8.74. The molecule has 0 atom stereocenters. The molecule has 0 spiro atoms. The molecule has 0 radical (unpaired) electrons. The highest BCUT2D eigenvalue weighted by molar-refractivity contribution is 7.22. The van der Waals surface area contributed by atoms with Crippen molar-refractivity contribution in [3.8, 4) is 0 Å². The second-order valence-corrected chi connectivity index (χ2v) is 7.11. The largest absolute Gasteiger partial charge is 0.298 e. The molecule has 6 heteroatoms. The third-order valence-corrected chi connectivity index (χ3v) is 5.09. The number of thiazole rings is 1. The number of rotatable bonds is 2. The second kappa shape index (κ2) is 6.06. The molecule has 4 rings (SSSR count). The molecule has 4 aromatic rings. The van der Waals surface area contributed by atoms with Crippen LogP contribution in [-0.2, 0) is 0 Å². The summed E-state index contributed by atoms with van der Waals surface area (Å²) in [6, 6.07) is 16.8. The van der Waals surface area contributed by atoms with Crippen molar-refractivity contribution >= 4 is 66.6 Å². The summed E-state index contributed by atoms with van der Waals surface area (Å²) in [5.41, 5.74) is 1.25. The van der Waals surface area contributed by atoms with Crippen LogP contribution in [0.3, 0.4) is 0 Å². The van der Waals surface area contributed by atoms with Gasteiger partial charge in [0.05, 0.1) is 9.72 Å². The Morgan fingerprint density at radius 2 is 1.83 bits per heavy atom. The third kappa shape index (κ3) is 2.73. The van der Waals surface area contributed by atoms with Crippen LogP contribution in [0.2, 0.25) is 10.0 Å². The number of anilines is 1. The van der Waals surface area contributed by atoms with Crippen molar-refractivity contribution < 1.29 is 4.79 Å². The van der Waals surface area contributed by atoms with E-state index in [0.717, 1.165) is 15.5 Å². The van der Waals surface area contributed by atoms with Crippen LogP contribution in [-0.4, -0.2) is 10.9 Å². The maximum absolute atomic E-state index is 12.7. The molecule has 3 aromatic carbocycles. The van der Waals surface area contributed by atoms with E-state index >= 15 is 0 Å². The maximum Gasteiger partial charge on any atom is 0.258 e. The van der Waals surface area contributed by atoms with E-state index in [0.29, 0.717) is 26.3 Å². The molecule has 0 bridgehead atoms. The number of amides is 1. The minimum Gasteiger partial charge on any atom is -0.298 e. The van der Waals surface area contributed by atoms with Crippen LogP contribution in [0.5, 0.6) is 0 Å². The molecular weight excluding hydrogens is 363 g/mol. The van der Waals surface area contributed by atoms with Crippen molar-refractivity contribution in [3.05, 3.63) is 70.2 Å². The molecule has 118 valence electrons. The minimum atomic E-state index is -0.201. The number of halogens is 2. The Morgan fingerprint density at radius 1 is 1.04 bits per heavy atom. The van der Waals surface area contributed by atoms with E-state index in [9.17, 15) is 4.79 Å². The summed E-state index contributed by atoms with van der Waals surface area (Å²) in [5.74, 6) is -0.201. The van der Waals surface area contributed by atoms with Crippen LogP contribution in [0.1, 0.15) is 10.4 Å². The predicted molar refractivity (Wildman–Crippen MR) is 102 cm³/mol. The van der Waals surface area contributed by atoms with Gasteiger partial charge in [-0.2, -0.15) is 0 Å². The monoisotopic (exact) mass is 372 g/mol. The lowest BCUT2D eigenvalue weighted by Gasteiger charge is -2.05. The van der Waals surface area contributed by atoms with E-state index in [-0.39, 0.29) is 5.91 Å². The van der Waals surface area contributed by atoms with Gasteiger partial charge in [0.25, 0.3) is 5.91 Å². The van der Waals surface area contributed by atoms with Crippen LogP contribution < -0.4 is 5.32 Å². The van der Waals surface area contributed by atoms with Crippen molar-refractivity contribution in [1.82, 2.24) is 4.98 Å². The molecule has 0 aliphatic heterocycles. The maximum atomic E-state index is 12.7. The van der Waals surface area contributed by atoms with E-state index in [2.05, 4.69) is 10.3 Å². The molecule has 3 nitrogen and oxygen atoms in total. The zero-order valence-corrected chi connectivity index (χ0v) is 14.5. The Hall–Kier alpha value is -2.14. The molecule has 0 aliphatic rings. The van der Waals surface area contributed by atoms with Gasteiger partial charge in [0.15, 0.2) is 5.13 Å². The molecule has 0 unspecified atom stereocenters. The van der Waals surface area contributed by atoms with Crippen molar-refractivity contribution in [2.75, 3.05) is 5.32 Å². The first-order chi connectivity index (χ1) is 11.6. The summed E-state index contributed by atoms with van der Waals surface area (Å²) in [6.45, 7) is 0. The van der Waals surface area contributed by atoms with E-state index < -0.39 is 0 Å². The fraction of sp³-hybridized carbons (Fsp3) is 0. The van der Waals surface area contributed by atoms with Crippen molar-refractivity contribution in [3.63, 3.8) is 0 Å². The van der Waals surface area contributed by atoms with Crippen LogP contribution in [0.25, 0.3) is 21.0 Å². The lowest BCUT2D eigenvalue weighted by molar-refractivity contribution is 0.102. The van der Waals surface area contributed by atoms with Gasteiger partial charge >= 0.3 is 0 Å². The van der Waals surface area contributed by atoms with Gasteiger partial charge in [-0.25, -0.2) is 4.98 Å². The highest BCUT2D eigenvalue weighted by Crippen LogP contribution is 2.34. The Kier molecular flexibility index (Phi) is 3.88. The fourth-order valence-electron chi connectivity index (χ4n) is 2.60. The Balaban J connectivity index is 1.72. The summed E-state index contributed by atoms with van der Waals surface area (Å²) < 4.78 is 0.834. The van der Waals surface area contributed by atoms with Crippen LogP contribution >= 0.6 is 34.5 Å². The number of fused-ring (bicyclic) bond motifs is 2.